The third kappa shape index (κ3) is 5.45. The van der Waals surface area contributed by atoms with Crippen LogP contribution in [0.25, 0.3) is 0 Å². The van der Waals surface area contributed by atoms with E-state index in [4.69, 9.17) is 0 Å². The molecule has 11 heteroatoms. The van der Waals surface area contributed by atoms with Crippen molar-refractivity contribution in [3.8, 4) is 0 Å². The summed E-state index contributed by atoms with van der Waals surface area (Å²) < 4.78 is 44.3. The van der Waals surface area contributed by atoms with Gasteiger partial charge in [-0.1, -0.05) is 24.3 Å². The zero-order chi connectivity index (χ0) is 27.0. The van der Waals surface area contributed by atoms with Crippen molar-refractivity contribution in [3.05, 3.63) is 59.1 Å². The molecule has 4 heterocycles. The summed E-state index contributed by atoms with van der Waals surface area (Å²) in [6, 6.07) is 6.02. The van der Waals surface area contributed by atoms with Gasteiger partial charge >= 0.3 is 0 Å². The van der Waals surface area contributed by atoms with E-state index in [1.165, 1.54) is 17.0 Å². The van der Waals surface area contributed by atoms with Gasteiger partial charge < -0.3 is 20.2 Å². The van der Waals surface area contributed by atoms with Crippen LogP contribution in [-0.2, 0) is 22.1 Å². The molecule has 3 N–H and O–H groups in total. The number of aliphatic hydroxyl groups excluding tert-OH is 1. The molecule has 4 aliphatic heterocycles. The molecular weight excluding hydrogens is 499 g/mol. The minimum Gasteiger partial charge on any atom is -0.390 e. The standard InChI is InChI=1S/C27H34F3N5O3/c1-17(36)33-9-6-19(7-10-33)32-25-12-20(22(28)13-31-25)26(38)34-11-8-23(24(37)15-34)35-14-18-4-2-3-5-21(18)27(29,30)16-35/h2-5,12-13,19,23-25,31-32,37H,6-11,14-16H2,1H3. The molecule has 4 aliphatic rings. The first kappa shape index (κ1) is 26.7. The number of β-amino-alcohol motifs (C(OH)–C–C–N with tert-alkyl or cyclic N) is 1. The van der Waals surface area contributed by atoms with Crippen LogP contribution in [0.4, 0.5) is 13.2 Å². The van der Waals surface area contributed by atoms with E-state index in [0.717, 1.165) is 19.0 Å². The summed E-state index contributed by atoms with van der Waals surface area (Å²) >= 11 is 0. The minimum absolute atomic E-state index is 0.0195. The van der Waals surface area contributed by atoms with Crippen molar-refractivity contribution in [2.45, 2.75) is 63.0 Å². The van der Waals surface area contributed by atoms with Gasteiger partial charge in [0.1, 0.15) is 0 Å². The van der Waals surface area contributed by atoms with Gasteiger partial charge in [0, 0.05) is 63.5 Å². The maximum Gasteiger partial charge on any atom is 0.285 e. The van der Waals surface area contributed by atoms with Crippen LogP contribution in [0, 0.1) is 0 Å². The van der Waals surface area contributed by atoms with E-state index in [-0.39, 0.29) is 36.2 Å². The average molecular weight is 534 g/mol. The van der Waals surface area contributed by atoms with E-state index in [9.17, 15) is 27.9 Å². The molecule has 0 aliphatic carbocycles. The number of nitrogens with zero attached hydrogens (tertiary/aromatic N) is 3. The second-order valence-corrected chi connectivity index (χ2v) is 10.6. The lowest BCUT2D eigenvalue weighted by Crippen LogP contribution is -2.58. The van der Waals surface area contributed by atoms with Crippen molar-refractivity contribution >= 4 is 11.8 Å². The average Bonchev–Trinajstić information content (AvgIpc) is 2.89. The highest BCUT2D eigenvalue weighted by molar-refractivity contribution is 5.97. The van der Waals surface area contributed by atoms with Gasteiger partial charge in [0.05, 0.1) is 24.4 Å². The molecule has 206 valence electrons. The van der Waals surface area contributed by atoms with Gasteiger partial charge in [0.2, 0.25) is 5.91 Å². The number of nitrogens with one attached hydrogen (secondary N) is 2. The molecule has 1 aromatic rings. The van der Waals surface area contributed by atoms with E-state index in [1.807, 2.05) is 0 Å². The zero-order valence-corrected chi connectivity index (χ0v) is 21.4. The summed E-state index contributed by atoms with van der Waals surface area (Å²) in [4.78, 5) is 29.6. The Kier molecular flexibility index (Phi) is 7.52. The molecule has 0 bridgehead atoms. The molecule has 38 heavy (non-hydrogen) atoms. The predicted molar refractivity (Wildman–Crippen MR) is 134 cm³/mol. The molecule has 5 rings (SSSR count). The van der Waals surface area contributed by atoms with Crippen LogP contribution in [0.5, 0.6) is 0 Å². The summed E-state index contributed by atoms with van der Waals surface area (Å²) in [6.45, 7) is 2.80. The predicted octanol–water partition coefficient (Wildman–Crippen LogP) is 1.82. The number of carbonyl (C=O) groups excluding carboxylic acids is 2. The van der Waals surface area contributed by atoms with Crippen LogP contribution in [0.15, 0.2) is 47.9 Å². The number of hydrogen-bond acceptors (Lipinski definition) is 6. The van der Waals surface area contributed by atoms with Crippen LogP contribution >= 0.6 is 0 Å². The minimum atomic E-state index is -3.03. The molecule has 0 saturated carbocycles. The fourth-order valence-corrected chi connectivity index (χ4v) is 5.98. The Labute approximate surface area is 220 Å². The maximum absolute atomic E-state index is 14.8. The third-order valence-electron chi connectivity index (χ3n) is 8.06. The number of carbonyl (C=O) groups is 2. The number of fused-ring (bicyclic) bond motifs is 1. The molecular formula is C27H34F3N5O3. The van der Waals surface area contributed by atoms with Crippen molar-refractivity contribution in [3.63, 3.8) is 0 Å². The molecule has 0 aromatic heterocycles. The third-order valence-corrected chi connectivity index (χ3v) is 8.06. The Bertz CT molecular complexity index is 1130. The highest BCUT2D eigenvalue weighted by Crippen LogP contribution is 2.38. The summed E-state index contributed by atoms with van der Waals surface area (Å²) in [5, 5.41) is 17.2. The van der Waals surface area contributed by atoms with Crippen LogP contribution in [0.3, 0.4) is 0 Å². The Hall–Kier alpha value is -2.89. The Morgan fingerprint density at radius 3 is 2.53 bits per heavy atom. The lowest BCUT2D eigenvalue weighted by Gasteiger charge is -2.45. The van der Waals surface area contributed by atoms with Gasteiger partial charge in [0.25, 0.3) is 11.8 Å². The maximum atomic E-state index is 14.8. The smallest absolute Gasteiger partial charge is 0.285 e. The summed E-state index contributed by atoms with van der Waals surface area (Å²) in [6.07, 6.45) is 2.98. The number of alkyl halides is 2. The Morgan fingerprint density at radius 2 is 1.82 bits per heavy atom. The number of amides is 2. The normalized spacial score (nSPS) is 28.2. The molecule has 3 atom stereocenters. The largest absolute Gasteiger partial charge is 0.390 e. The van der Waals surface area contributed by atoms with E-state index in [0.29, 0.717) is 31.6 Å². The van der Waals surface area contributed by atoms with E-state index >= 15 is 0 Å². The summed E-state index contributed by atoms with van der Waals surface area (Å²) in [7, 11) is 0. The number of rotatable bonds is 4. The Balaban J connectivity index is 1.20. The molecule has 2 fully saturated rings. The topological polar surface area (TPSA) is 88.2 Å². The molecule has 8 nitrogen and oxygen atoms in total. The molecule has 0 spiro atoms. The number of benzene rings is 1. The number of likely N-dealkylation sites (tertiary alicyclic amines) is 2. The monoisotopic (exact) mass is 533 g/mol. The van der Waals surface area contributed by atoms with Gasteiger partial charge in [-0.15, -0.1) is 0 Å². The molecule has 3 unspecified atom stereocenters. The van der Waals surface area contributed by atoms with Gasteiger partial charge in [0.15, 0.2) is 5.83 Å². The number of hydrogen-bond donors (Lipinski definition) is 3. The first-order valence-electron chi connectivity index (χ1n) is 13.2. The first-order valence-corrected chi connectivity index (χ1v) is 13.2. The lowest BCUT2D eigenvalue weighted by molar-refractivity contribution is -0.135. The van der Waals surface area contributed by atoms with E-state index in [1.54, 1.807) is 34.9 Å². The van der Waals surface area contributed by atoms with Crippen LogP contribution in [0.1, 0.15) is 37.3 Å². The van der Waals surface area contributed by atoms with Crippen molar-refractivity contribution in [2.24, 2.45) is 0 Å². The Morgan fingerprint density at radius 1 is 1.11 bits per heavy atom. The second kappa shape index (κ2) is 10.7. The quantitative estimate of drug-likeness (QED) is 0.548. The highest BCUT2D eigenvalue weighted by Gasteiger charge is 2.45. The number of halogens is 3. The molecule has 0 radical (unpaired) electrons. The van der Waals surface area contributed by atoms with Gasteiger partial charge in [-0.2, -0.15) is 8.78 Å². The lowest BCUT2D eigenvalue weighted by atomic mass is 9.92. The van der Waals surface area contributed by atoms with E-state index < -0.39 is 42.5 Å². The van der Waals surface area contributed by atoms with Gasteiger partial charge in [-0.3, -0.25) is 19.8 Å². The van der Waals surface area contributed by atoms with Crippen molar-refractivity contribution < 1.29 is 27.9 Å². The van der Waals surface area contributed by atoms with Crippen LogP contribution < -0.4 is 10.6 Å². The number of dihydropyridines is 1. The van der Waals surface area contributed by atoms with Crippen molar-refractivity contribution in [1.29, 1.82) is 0 Å². The van der Waals surface area contributed by atoms with Crippen LogP contribution in [0.2, 0.25) is 0 Å². The fourth-order valence-electron chi connectivity index (χ4n) is 5.98. The number of aliphatic hydroxyl groups is 1. The molecule has 2 amide bonds. The summed E-state index contributed by atoms with van der Waals surface area (Å²) in [5.74, 6) is -4.21. The fraction of sp³-hybridized carbons (Fsp3) is 0.556. The van der Waals surface area contributed by atoms with Gasteiger partial charge in [-0.25, -0.2) is 4.39 Å². The van der Waals surface area contributed by atoms with Gasteiger partial charge in [-0.05, 0) is 30.9 Å². The molecule has 1 aromatic carbocycles. The van der Waals surface area contributed by atoms with Crippen molar-refractivity contribution in [2.75, 3.05) is 32.7 Å². The molecule has 2 saturated heterocycles. The summed E-state index contributed by atoms with van der Waals surface area (Å²) in [5.41, 5.74) is 0.463. The highest BCUT2D eigenvalue weighted by atomic mass is 19.3. The number of piperidine rings is 2. The van der Waals surface area contributed by atoms with Crippen molar-refractivity contribution in [1.82, 2.24) is 25.3 Å². The second-order valence-electron chi connectivity index (χ2n) is 10.6. The van der Waals surface area contributed by atoms with Crippen LogP contribution in [-0.4, -0.2) is 88.7 Å². The SMILES string of the molecule is CC(=O)N1CCC(NC2C=C(C(=O)N3CCC(N4Cc5ccccc5C(F)(F)C4)C(O)C3)C(F)=CN2)CC1. The van der Waals surface area contributed by atoms with E-state index in [2.05, 4.69) is 10.6 Å². The first-order chi connectivity index (χ1) is 18.1. The zero-order valence-electron chi connectivity index (χ0n) is 21.4.